The minimum absolute atomic E-state index is 0.0322. The Kier molecular flexibility index (Phi) is 4.32. The summed E-state index contributed by atoms with van der Waals surface area (Å²) in [5.74, 6) is -0.0604. The van der Waals surface area contributed by atoms with E-state index in [1.165, 1.54) is 4.90 Å². The zero-order valence-electron chi connectivity index (χ0n) is 15.3. The Hall–Kier alpha value is -3.28. The first-order valence-electron chi connectivity index (χ1n) is 8.89. The molecule has 27 heavy (non-hydrogen) atoms. The number of anilines is 2. The molecule has 6 heteroatoms. The average Bonchev–Trinajstić information content (AvgIpc) is 3.08. The lowest BCUT2D eigenvalue weighted by Crippen LogP contribution is -2.35. The molecule has 1 atom stereocenters. The van der Waals surface area contributed by atoms with Crippen molar-refractivity contribution in [3.63, 3.8) is 0 Å². The SMILES string of the molecule is Cc1ccc(N2CC(C(=O)N(C)c3cnc4ccccc4n3)CC2=O)cc1. The number of carbonyl (C=O) groups is 2. The minimum Gasteiger partial charge on any atom is -0.312 e. The van der Waals surface area contributed by atoms with E-state index in [0.29, 0.717) is 12.4 Å². The molecular formula is C21H20N4O2. The largest absolute Gasteiger partial charge is 0.312 e. The molecule has 0 aliphatic carbocycles. The molecule has 1 aromatic heterocycles. The van der Waals surface area contributed by atoms with Crippen molar-refractivity contribution in [1.29, 1.82) is 0 Å². The molecule has 2 aromatic carbocycles. The van der Waals surface area contributed by atoms with Crippen LogP contribution in [0.1, 0.15) is 12.0 Å². The molecule has 1 unspecified atom stereocenters. The van der Waals surface area contributed by atoms with Gasteiger partial charge in [-0.2, -0.15) is 0 Å². The number of rotatable bonds is 3. The molecule has 1 aliphatic rings. The summed E-state index contributed by atoms with van der Waals surface area (Å²) in [5.41, 5.74) is 3.48. The molecule has 1 fully saturated rings. The third kappa shape index (κ3) is 3.26. The number of aromatic nitrogens is 2. The summed E-state index contributed by atoms with van der Waals surface area (Å²) in [6.45, 7) is 2.38. The lowest BCUT2D eigenvalue weighted by molar-refractivity contribution is -0.124. The van der Waals surface area contributed by atoms with E-state index in [-0.39, 0.29) is 18.2 Å². The smallest absolute Gasteiger partial charge is 0.233 e. The molecule has 0 radical (unpaired) electrons. The van der Waals surface area contributed by atoms with Crippen LogP contribution in [0, 0.1) is 12.8 Å². The molecule has 0 bridgehead atoms. The Morgan fingerprint density at radius 1 is 1.11 bits per heavy atom. The fraction of sp³-hybridized carbons (Fsp3) is 0.238. The molecule has 2 amide bonds. The maximum Gasteiger partial charge on any atom is 0.233 e. The number of amides is 2. The predicted octanol–water partition coefficient (Wildman–Crippen LogP) is 2.95. The normalized spacial score (nSPS) is 16.7. The highest BCUT2D eigenvalue weighted by Gasteiger charge is 2.37. The summed E-state index contributed by atoms with van der Waals surface area (Å²) in [6.07, 6.45) is 1.80. The van der Waals surface area contributed by atoms with Crippen LogP contribution in [0.2, 0.25) is 0 Å². The molecule has 0 saturated carbocycles. The molecule has 2 heterocycles. The van der Waals surface area contributed by atoms with Gasteiger partial charge in [-0.1, -0.05) is 29.8 Å². The van der Waals surface area contributed by atoms with Crippen LogP contribution in [-0.2, 0) is 9.59 Å². The number of aryl methyl sites for hydroxylation is 1. The Labute approximate surface area is 157 Å². The molecule has 0 spiro atoms. The molecular weight excluding hydrogens is 340 g/mol. The van der Waals surface area contributed by atoms with Gasteiger partial charge in [-0.3, -0.25) is 19.5 Å². The summed E-state index contributed by atoms with van der Waals surface area (Å²) in [5, 5.41) is 0. The van der Waals surface area contributed by atoms with Crippen LogP contribution in [0.4, 0.5) is 11.5 Å². The van der Waals surface area contributed by atoms with E-state index in [1.807, 2.05) is 55.5 Å². The van der Waals surface area contributed by atoms with Crippen molar-refractivity contribution in [2.45, 2.75) is 13.3 Å². The summed E-state index contributed by atoms with van der Waals surface area (Å²) in [6, 6.07) is 15.3. The topological polar surface area (TPSA) is 66.4 Å². The summed E-state index contributed by atoms with van der Waals surface area (Å²) in [7, 11) is 1.68. The van der Waals surface area contributed by atoms with E-state index in [4.69, 9.17) is 0 Å². The van der Waals surface area contributed by atoms with E-state index in [2.05, 4.69) is 9.97 Å². The van der Waals surface area contributed by atoms with Crippen molar-refractivity contribution in [3.8, 4) is 0 Å². The van der Waals surface area contributed by atoms with Crippen LogP contribution in [0.3, 0.4) is 0 Å². The highest BCUT2D eigenvalue weighted by molar-refractivity contribution is 6.04. The van der Waals surface area contributed by atoms with Gasteiger partial charge in [0.15, 0.2) is 5.82 Å². The molecule has 1 saturated heterocycles. The van der Waals surface area contributed by atoms with Crippen LogP contribution in [0.5, 0.6) is 0 Å². The van der Waals surface area contributed by atoms with Crippen LogP contribution in [-0.4, -0.2) is 35.4 Å². The molecule has 6 nitrogen and oxygen atoms in total. The Balaban J connectivity index is 1.53. The molecule has 136 valence electrons. The number of hydrogen-bond acceptors (Lipinski definition) is 4. The number of carbonyl (C=O) groups excluding carboxylic acids is 2. The maximum atomic E-state index is 12.9. The lowest BCUT2D eigenvalue weighted by Gasteiger charge is -2.21. The van der Waals surface area contributed by atoms with Gasteiger partial charge >= 0.3 is 0 Å². The van der Waals surface area contributed by atoms with E-state index in [1.54, 1.807) is 18.1 Å². The van der Waals surface area contributed by atoms with Crippen LogP contribution < -0.4 is 9.80 Å². The highest BCUT2D eigenvalue weighted by Crippen LogP contribution is 2.27. The zero-order valence-corrected chi connectivity index (χ0v) is 15.3. The monoisotopic (exact) mass is 360 g/mol. The van der Waals surface area contributed by atoms with E-state index < -0.39 is 5.92 Å². The third-order valence-electron chi connectivity index (χ3n) is 4.93. The second kappa shape index (κ2) is 6.79. The number of hydrogen-bond donors (Lipinski definition) is 0. The fourth-order valence-electron chi connectivity index (χ4n) is 3.34. The van der Waals surface area contributed by atoms with Gasteiger partial charge in [0.1, 0.15) is 0 Å². The Morgan fingerprint density at radius 2 is 1.81 bits per heavy atom. The van der Waals surface area contributed by atoms with Crippen molar-refractivity contribution >= 4 is 34.4 Å². The van der Waals surface area contributed by atoms with Crippen molar-refractivity contribution in [3.05, 3.63) is 60.3 Å². The highest BCUT2D eigenvalue weighted by atomic mass is 16.2. The van der Waals surface area contributed by atoms with Gasteiger partial charge in [0, 0.05) is 25.7 Å². The summed E-state index contributed by atoms with van der Waals surface area (Å²) in [4.78, 5) is 37.4. The van der Waals surface area contributed by atoms with Gasteiger partial charge in [0.25, 0.3) is 0 Å². The second-order valence-electron chi connectivity index (χ2n) is 6.86. The first-order valence-corrected chi connectivity index (χ1v) is 8.89. The minimum atomic E-state index is -0.392. The van der Waals surface area contributed by atoms with Crippen LogP contribution >= 0.6 is 0 Å². The molecule has 1 aliphatic heterocycles. The van der Waals surface area contributed by atoms with Gasteiger partial charge < -0.3 is 4.90 Å². The predicted molar refractivity (Wildman–Crippen MR) is 105 cm³/mol. The Morgan fingerprint density at radius 3 is 2.56 bits per heavy atom. The van der Waals surface area contributed by atoms with Gasteiger partial charge in [-0.05, 0) is 31.2 Å². The van der Waals surface area contributed by atoms with E-state index in [0.717, 1.165) is 22.3 Å². The number of benzene rings is 2. The van der Waals surface area contributed by atoms with E-state index in [9.17, 15) is 9.59 Å². The summed E-state index contributed by atoms with van der Waals surface area (Å²) < 4.78 is 0. The fourth-order valence-corrected chi connectivity index (χ4v) is 3.34. The van der Waals surface area contributed by atoms with Gasteiger partial charge in [0.05, 0.1) is 23.1 Å². The molecule has 4 rings (SSSR count). The lowest BCUT2D eigenvalue weighted by atomic mass is 10.1. The van der Waals surface area contributed by atoms with Crippen LogP contribution in [0.15, 0.2) is 54.7 Å². The average molecular weight is 360 g/mol. The molecule has 0 N–H and O–H groups in total. The first-order chi connectivity index (χ1) is 13.0. The summed E-state index contributed by atoms with van der Waals surface area (Å²) >= 11 is 0. The van der Waals surface area contributed by atoms with Crippen LogP contribution in [0.25, 0.3) is 11.0 Å². The van der Waals surface area contributed by atoms with Crippen molar-refractivity contribution in [2.75, 3.05) is 23.4 Å². The second-order valence-corrected chi connectivity index (χ2v) is 6.86. The quantitative estimate of drug-likeness (QED) is 0.720. The standard InChI is InChI=1S/C21H20N4O2/c1-14-7-9-16(10-8-14)25-13-15(11-20(25)26)21(27)24(2)19-12-22-17-5-3-4-6-18(17)23-19/h3-10,12,15H,11,13H2,1-2H3. The Bertz CT molecular complexity index is 1020. The zero-order chi connectivity index (χ0) is 19.0. The number of fused-ring (bicyclic) bond motifs is 1. The van der Waals surface area contributed by atoms with Gasteiger partial charge in [0.2, 0.25) is 11.8 Å². The van der Waals surface area contributed by atoms with Crippen molar-refractivity contribution in [2.24, 2.45) is 5.92 Å². The number of nitrogens with zero attached hydrogens (tertiary/aromatic N) is 4. The first kappa shape index (κ1) is 17.1. The van der Waals surface area contributed by atoms with E-state index >= 15 is 0 Å². The van der Waals surface area contributed by atoms with Gasteiger partial charge in [-0.25, -0.2) is 4.98 Å². The maximum absolute atomic E-state index is 12.9. The molecule has 3 aromatic rings. The van der Waals surface area contributed by atoms with Gasteiger partial charge in [-0.15, -0.1) is 0 Å². The third-order valence-corrected chi connectivity index (χ3v) is 4.93. The van der Waals surface area contributed by atoms with Crippen molar-refractivity contribution < 1.29 is 9.59 Å². The number of para-hydroxylation sites is 2. The van der Waals surface area contributed by atoms with Crippen molar-refractivity contribution in [1.82, 2.24) is 9.97 Å².